The van der Waals surface area contributed by atoms with E-state index in [1.807, 2.05) is 0 Å². The maximum Gasteiger partial charge on any atom is 0.357 e. The van der Waals surface area contributed by atoms with E-state index in [9.17, 15) is 9.59 Å². The summed E-state index contributed by atoms with van der Waals surface area (Å²) >= 11 is 1.26. The van der Waals surface area contributed by atoms with Crippen molar-refractivity contribution in [2.75, 3.05) is 6.61 Å². The lowest BCUT2D eigenvalue weighted by molar-refractivity contribution is -0.148. The zero-order valence-electron chi connectivity index (χ0n) is 11.4. The van der Waals surface area contributed by atoms with Gasteiger partial charge in [-0.3, -0.25) is 0 Å². The number of nitrogens with zero attached hydrogens (tertiary/aromatic N) is 1. The molecule has 0 aliphatic carbocycles. The molecule has 0 aromatic carbocycles. The van der Waals surface area contributed by atoms with Crippen LogP contribution in [0.2, 0.25) is 0 Å². The van der Waals surface area contributed by atoms with Crippen molar-refractivity contribution in [1.82, 2.24) is 4.98 Å². The fourth-order valence-electron chi connectivity index (χ4n) is 1.14. The molecule has 0 bridgehead atoms. The second kappa shape index (κ2) is 6.47. The molecule has 0 saturated carbocycles. The third-order valence-corrected chi connectivity index (χ3v) is 2.59. The second-order valence-corrected chi connectivity index (χ2v) is 5.55. The maximum atomic E-state index is 11.5. The van der Waals surface area contributed by atoms with Crippen LogP contribution in [0.4, 0.5) is 0 Å². The van der Waals surface area contributed by atoms with E-state index in [-0.39, 0.29) is 5.69 Å². The van der Waals surface area contributed by atoms with Crippen LogP contribution in [0.1, 0.15) is 43.2 Å². The van der Waals surface area contributed by atoms with Crippen LogP contribution in [0.3, 0.4) is 0 Å². The molecule has 0 unspecified atom stereocenters. The van der Waals surface area contributed by atoms with E-state index >= 15 is 0 Å². The van der Waals surface area contributed by atoms with Gasteiger partial charge in [-0.2, -0.15) is 0 Å². The molecule has 1 heterocycles. The van der Waals surface area contributed by atoms with E-state index in [0.717, 1.165) is 0 Å². The number of ether oxygens (including phenoxy) is 2. The van der Waals surface area contributed by atoms with Crippen molar-refractivity contribution in [3.05, 3.63) is 22.2 Å². The first-order valence-electron chi connectivity index (χ1n) is 5.85. The van der Waals surface area contributed by atoms with Gasteiger partial charge in [-0.05, 0) is 33.8 Å². The molecule has 0 atom stereocenters. The van der Waals surface area contributed by atoms with E-state index in [4.69, 9.17) is 9.47 Å². The predicted octanol–water partition coefficient (Wildman–Crippen LogP) is 2.67. The van der Waals surface area contributed by atoms with Gasteiger partial charge >= 0.3 is 11.9 Å². The van der Waals surface area contributed by atoms with Crippen molar-refractivity contribution in [2.45, 2.75) is 33.3 Å². The molecule has 1 rings (SSSR count). The van der Waals surface area contributed by atoms with Gasteiger partial charge in [0, 0.05) is 11.5 Å². The SMILES string of the molecule is CCOC(=O)c1csc(/C=C/C(=O)OC(C)(C)C)n1. The lowest BCUT2D eigenvalue weighted by atomic mass is 10.2. The summed E-state index contributed by atoms with van der Waals surface area (Å²) in [6, 6.07) is 0. The summed E-state index contributed by atoms with van der Waals surface area (Å²) in [5, 5.41) is 2.14. The molecule has 0 amide bonds. The van der Waals surface area contributed by atoms with Crippen LogP contribution in [-0.2, 0) is 14.3 Å². The van der Waals surface area contributed by atoms with Crippen molar-refractivity contribution < 1.29 is 19.1 Å². The Morgan fingerprint density at radius 2 is 2.11 bits per heavy atom. The molecule has 0 aliphatic rings. The number of hydrogen-bond donors (Lipinski definition) is 0. The lowest BCUT2D eigenvalue weighted by Gasteiger charge is -2.17. The number of carbonyl (C=O) groups excluding carboxylic acids is 2. The Bertz CT molecular complexity index is 485. The van der Waals surface area contributed by atoms with Crippen LogP contribution in [0.25, 0.3) is 6.08 Å². The number of esters is 2. The van der Waals surface area contributed by atoms with E-state index in [2.05, 4.69) is 4.98 Å². The average molecular weight is 283 g/mol. The Labute approximate surface area is 116 Å². The monoisotopic (exact) mass is 283 g/mol. The Balaban J connectivity index is 2.63. The van der Waals surface area contributed by atoms with Crippen LogP contribution >= 0.6 is 11.3 Å². The smallest absolute Gasteiger partial charge is 0.357 e. The van der Waals surface area contributed by atoms with Crippen LogP contribution < -0.4 is 0 Å². The van der Waals surface area contributed by atoms with Crippen molar-refractivity contribution in [2.24, 2.45) is 0 Å². The minimum atomic E-state index is -0.527. The van der Waals surface area contributed by atoms with Crippen molar-refractivity contribution in [1.29, 1.82) is 0 Å². The van der Waals surface area contributed by atoms with E-state index < -0.39 is 17.5 Å². The summed E-state index contributed by atoms with van der Waals surface area (Å²) in [5.41, 5.74) is -0.281. The Morgan fingerprint density at radius 3 is 2.68 bits per heavy atom. The van der Waals surface area contributed by atoms with Gasteiger partial charge in [0.25, 0.3) is 0 Å². The Morgan fingerprint density at radius 1 is 1.42 bits per heavy atom. The van der Waals surface area contributed by atoms with Gasteiger partial charge in [-0.15, -0.1) is 11.3 Å². The number of rotatable bonds is 4. The van der Waals surface area contributed by atoms with Gasteiger partial charge in [-0.1, -0.05) is 0 Å². The molecule has 104 valence electrons. The molecule has 5 nitrogen and oxygen atoms in total. The Hall–Kier alpha value is -1.69. The summed E-state index contributed by atoms with van der Waals surface area (Å²) in [6.45, 7) is 7.41. The van der Waals surface area contributed by atoms with Gasteiger partial charge in [0.2, 0.25) is 0 Å². The fourth-order valence-corrected chi connectivity index (χ4v) is 1.82. The molecular weight excluding hydrogens is 266 g/mol. The molecule has 0 radical (unpaired) electrons. The summed E-state index contributed by atoms with van der Waals surface area (Å²) in [4.78, 5) is 26.9. The summed E-state index contributed by atoms with van der Waals surface area (Å²) in [5.74, 6) is -0.906. The van der Waals surface area contributed by atoms with Crippen LogP contribution in [0.5, 0.6) is 0 Å². The van der Waals surface area contributed by atoms with Gasteiger partial charge < -0.3 is 9.47 Å². The molecule has 0 N–H and O–H groups in total. The first kappa shape index (κ1) is 15.4. The minimum Gasteiger partial charge on any atom is -0.461 e. The van der Waals surface area contributed by atoms with Crippen LogP contribution in [0, 0.1) is 0 Å². The highest BCUT2D eigenvalue weighted by Crippen LogP contribution is 2.13. The number of hydrogen-bond acceptors (Lipinski definition) is 6. The third kappa shape index (κ3) is 5.65. The third-order valence-electron chi connectivity index (χ3n) is 1.78. The molecule has 1 aromatic heterocycles. The highest BCUT2D eigenvalue weighted by molar-refractivity contribution is 7.10. The van der Waals surface area contributed by atoms with Crippen molar-refractivity contribution in [3.63, 3.8) is 0 Å². The molecule has 0 aliphatic heterocycles. The molecule has 0 saturated heterocycles. The maximum absolute atomic E-state index is 11.5. The van der Waals surface area contributed by atoms with Crippen LogP contribution in [-0.4, -0.2) is 29.1 Å². The molecular formula is C13H17NO4S. The molecule has 6 heteroatoms. The molecule has 1 aromatic rings. The number of aromatic nitrogens is 1. The Kier molecular flexibility index (Phi) is 5.23. The topological polar surface area (TPSA) is 65.5 Å². The first-order valence-corrected chi connectivity index (χ1v) is 6.73. The van der Waals surface area contributed by atoms with Crippen molar-refractivity contribution in [3.8, 4) is 0 Å². The first-order chi connectivity index (χ1) is 8.81. The minimum absolute atomic E-state index is 0.246. The zero-order chi connectivity index (χ0) is 14.5. The number of carbonyl (C=O) groups is 2. The largest absolute Gasteiger partial charge is 0.461 e. The quantitative estimate of drug-likeness (QED) is 0.628. The van der Waals surface area contributed by atoms with Crippen LogP contribution in [0.15, 0.2) is 11.5 Å². The fraction of sp³-hybridized carbons (Fsp3) is 0.462. The van der Waals surface area contributed by atoms with Gasteiger partial charge in [0.05, 0.1) is 6.61 Å². The van der Waals surface area contributed by atoms with Gasteiger partial charge in [0.15, 0.2) is 5.69 Å². The predicted molar refractivity (Wildman–Crippen MR) is 72.9 cm³/mol. The zero-order valence-corrected chi connectivity index (χ0v) is 12.2. The van der Waals surface area contributed by atoms with E-state index in [1.54, 1.807) is 33.1 Å². The van der Waals surface area contributed by atoms with Gasteiger partial charge in [-0.25, -0.2) is 14.6 Å². The summed E-state index contributed by atoms with van der Waals surface area (Å²) < 4.78 is 9.93. The van der Waals surface area contributed by atoms with Crippen molar-refractivity contribution >= 4 is 29.4 Å². The lowest BCUT2D eigenvalue weighted by Crippen LogP contribution is -2.22. The average Bonchev–Trinajstić information content (AvgIpc) is 2.73. The van der Waals surface area contributed by atoms with E-state index in [1.165, 1.54) is 23.5 Å². The molecule has 0 spiro atoms. The van der Waals surface area contributed by atoms with Gasteiger partial charge in [0.1, 0.15) is 10.6 Å². The highest BCUT2D eigenvalue weighted by atomic mass is 32.1. The van der Waals surface area contributed by atoms with E-state index in [0.29, 0.717) is 11.6 Å². The summed E-state index contributed by atoms with van der Waals surface area (Å²) in [6.07, 6.45) is 2.81. The standard InChI is InChI=1S/C13H17NO4S/c1-5-17-12(16)9-8-19-10(14-9)6-7-11(15)18-13(2,3)4/h6-8H,5H2,1-4H3/b7-6+. The second-order valence-electron chi connectivity index (χ2n) is 4.66. The normalized spacial score (nSPS) is 11.6. The summed E-state index contributed by atoms with van der Waals surface area (Å²) in [7, 11) is 0. The molecule has 0 fully saturated rings. The number of thiazole rings is 1. The molecule has 19 heavy (non-hydrogen) atoms. The highest BCUT2D eigenvalue weighted by Gasteiger charge is 2.14.